The molecule has 1 fully saturated rings. The van der Waals surface area contributed by atoms with E-state index in [1.807, 2.05) is 0 Å². The maximum atomic E-state index is 11.3. The van der Waals surface area contributed by atoms with Gasteiger partial charge in [-0.2, -0.15) is 0 Å². The van der Waals surface area contributed by atoms with Gasteiger partial charge in [-0.25, -0.2) is 0 Å². The second kappa shape index (κ2) is 4.78. The number of nitrogens with one attached hydrogen (secondary N) is 2. The maximum Gasteiger partial charge on any atom is 0.237 e. The maximum absolute atomic E-state index is 11.3. The molecule has 1 atom stereocenters. The first-order valence-electron chi connectivity index (χ1n) is 4.25. The zero-order valence-electron chi connectivity index (χ0n) is 7.31. The Labute approximate surface area is 72.9 Å². The lowest BCUT2D eigenvalue weighted by molar-refractivity contribution is -0.122. The summed E-state index contributed by atoms with van der Waals surface area (Å²) in [5.41, 5.74) is 0. The molecule has 1 aliphatic heterocycles. The minimum atomic E-state index is 0.0173. The molecule has 2 N–H and O–H groups in total. The van der Waals surface area contributed by atoms with Crippen LogP contribution >= 0.6 is 0 Å². The normalized spacial score (nSPS) is 21.2. The molecule has 1 amide bonds. The van der Waals surface area contributed by atoms with Crippen molar-refractivity contribution in [2.24, 2.45) is 0 Å². The Bertz CT molecular complexity index is 208. The van der Waals surface area contributed by atoms with Crippen LogP contribution in [0, 0.1) is 11.8 Å². The van der Waals surface area contributed by atoms with E-state index in [0.717, 1.165) is 19.4 Å². The summed E-state index contributed by atoms with van der Waals surface area (Å²) >= 11 is 0. The monoisotopic (exact) mass is 166 g/mol. The molecule has 1 heterocycles. The highest BCUT2D eigenvalue weighted by Crippen LogP contribution is 2.03. The van der Waals surface area contributed by atoms with Crippen molar-refractivity contribution in [3.05, 3.63) is 0 Å². The van der Waals surface area contributed by atoms with Crippen LogP contribution in [0.2, 0.25) is 0 Å². The standard InChI is InChI=1S/C9H14N2O/c1-2-3-6-11-9(12)8-5-4-7-10-8/h8,10H,4-7H2,1H3,(H,11,12). The molecule has 0 aliphatic carbocycles. The van der Waals surface area contributed by atoms with Gasteiger partial charge in [0, 0.05) is 0 Å². The predicted molar refractivity (Wildman–Crippen MR) is 47.5 cm³/mol. The highest BCUT2D eigenvalue weighted by Gasteiger charge is 2.20. The molecular weight excluding hydrogens is 152 g/mol. The van der Waals surface area contributed by atoms with E-state index in [1.165, 1.54) is 0 Å². The van der Waals surface area contributed by atoms with Crippen LogP contribution in [0.25, 0.3) is 0 Å². The Balaban J connectivity index is 2.21. The Morgan fingerprint density at radius 1 is 1.75 bits per heavy atom. The first kappa shape index (κ1) is 9.08. The first-order chi connectivity index (χ1) is 5.84. The largest absolute Gasteiger partial charge is 0.344 e. The second-order valence-electron chi connectivity index (χ2n) is 2.79. The smallest absolute Gasteiger partial charge is 0.237 e. The summed E-state index contributed by atoms with van der Waals surface area (Å²) in [6.07, 6.45) is 2.04. The van der Waals surface area contributed by atoms with Crippen molar-refractivity contribution in [1.82, 2.24) is 10.6 Å². The summed E-state index contributed by atoms with van der Waals surface area (Å²) in [4.78, 5) is 11.3. The third kappa shape index (κ3) is 2.55. The van der Waals surface area contributed by atoms with E-state index in [9.17, 15) is 4.79 Å². The summed E-state index contributed by atoms with van der Waals surface area (Å²) in [6.45, 7) is 3.19. The summed E-state index contributed by atoms with van der Waals surface area (Å²) in [5.74, 6) is 5.60. The van der Waals surface area contributed by atoms with Crippen LogP contribution in [0.1, 0.15) is 19.8 Å². The minimum absolute atomic E-state index is 0.0173. The van der Waals surface area contributed by atoms with Gasteiger partial charge in [-0.1, -0.05) is 5.92 Å². The van der Waals surface area contributed by atoms with Gasteiger partial charge in [0.15, 0.2) is 0 Å². The second-order valence-corrected chi connectivity index (χ2v) is 2.79. The molecule has 0 bridgehead atoms. The molecule has 12 heavy (non-hydrogen) atoms. The van der Waals surface area contributed by atoms with Crippen molar-refractivity contribution in [3.8, 4) is 11.8 Å². The van der Waals surface area contributed by atoms with E-state index in [0.29, 0.717) is 6.54 Å². The zero-order chi connectivity index (χ0) is 8.81. The Hall–Kier alpha value is -1.01. The first-order valence-corrected chi connectivity index (χ1v) is 4.25. The highest BCUT2D eigenvalue weighted by molar-refractivity contribution is 5.82. The van der Waals surface area contributed by atoms with Crippen LogP contribution in [-0.2, 0) is 4.79 Å². The lowest BCUT2D eigenvalue weighted by Crippen LogP contribution is -2.40. The van der Waals surface area contributed by atoms with E-state index in [-0.39, 0.29) is 11.9 Å². The van der Waals surface area contributed by atoms with Gasteiger partial charge in [0.1, 0.15) is 0 Å². The molecule has 0 spiro atoms. The average Bonchev–Trinajstić information content (AvgIpc) is 2.56. The topological polar surface area (TPSA) is 41.1 Å². The summed E-state index contributed by atoms with van der Waals surface area (Å²) in [7, 11) is 0. The molecule has 66 valence electrons. The zero-order valence-corrected chi connectivity index (χ0v) is 7.31. The van der Waals surface area contributed by atoms with Crippen molar-refractivity contribution in [2.75, 3.05) is 13.1 Å². The molecule has 0 aromatic heterocycles. The van der Waals surface area contributed by atoms with E-state index < -0.39 is 0 Å². The number of hydrogen-bond donors (Lipinski definition) is 2. The molecule has 1 aliphatic rings. The molecule has 1 unspecified atom stereocenters. The van der Waals surface area contributed by atoms with E-state index >= 15 is 0 Å². The van der Waals surface area contributed by atoms with Gasteiger partial charge in [-0.3, -0.25) is 4.79 Å². The number of amides is 1. The van der Waals surface area contributed by atoms with Gasteiger partial charge in [-0.05, 0) is 26.3 Å². The van der Waals surface area contributed by atoms with Gasteiger partial charge < -0.3 is 10.6 Å². The average molecular weight is 166 g/mol. The lowest BCUT2D eigenvalue weighted by atomic mass is 10.2. The molecule has 3 nitrogen and oxygen atoms in total. The van der Waals surface area contributed by atoms with Crippen LogP contribution in [0.5, 0.6) is 0 Å². The van der Waals surface area contributed by atoms with Gasteiger partial charge in [0.25, 0.3) is 0 Å². The fourth-order valence-electron chi connectivity index (χ4n) is 1.25. The minimum Gasteiger partial charge on any atom is -0.344 e. The summed E-state index contributed by atoms with van der Waals surface area (Å²) in [5, 5.41) is 5.87. The fraction of sp³-hybridized carbons (Fsp3) is 0.667. The van der Waals surface area contributed by atoms with Crippen molar-refractivity contribution in [3.63, 3.8) is 0 Å². The van der Waals surface area contributed by atoms with Gasteiger partial charge >= 0.3 is 0 Å². The van der Waals surface area contributed by atoms with E-state index in [2.05, 4.69) is 22.5 Å². The number of carbonyl (C=O) groups excluding carboxylic acids is 1. The summed E-state index contributed by atoms with van der Waals surface area (Å²) in [6, 6.07) is 0.0173. The van der Waals surface area contributed by atoms with Crippen molar-refractivity contribution in [1.29, 1.82) is 0 Å². The lowest BCUT2D eigenvalue weighted by Gasteiger charge is -2.08. The van der Waals surface area contributed by atoms with Gasteiger partial charge in [0.2, 0.25) is 5.91 Å². The van der Waals surface area contributed by atoms with Crippen LogP contribution < -0.4 is 10.6 Å². The molecule has 0 aromatic rings. The van der Waals surface area contributed by atoms with Crippen LogP contribution in [0.3, 0.4) is 0 Å². The molecule has 1 rings (SSSR count). The van der Waals surface area contributed by atoms with Crippen molar-refractivity contribution < 1.29 is 4.79 Å². The molecule has 0 aromatic carbocycles. The Morgan fingerprint density at radius 3 is 3.17 bits per heavy atom. The molecule has 0 radical (unpaired) electrons. The third-order valence-electron chi connectivity index (χ3n) is 1.90. The highest BCUT2D eigenvalue weighted by atomic mass is 16.2. The molecule has 0 saturated carbocycles. The predicted octanol–water partition coefficient (Wildman–Crippen LogP) is -0.122. The van der Waals surface area contributed by atoms with E-state index in [4.69, 9.17) is 0 Å². The molecular formula is C9H14N2O. The molecule has 1 saturated heterocycles. The van der Waals surface area contributed by atoms with Crippen LogP contribution in [0.15, 0.2) is 0 Å². The molecule has 3 heteroatoms. The third-order valence-corrected chi connectivity index (χ3v) is 1.90. The Kier molecular flexibility index (Phi) is 3.62. The van der Waals surface area contributed by atoms with Gasteiger partial charge in [0.05, 0.1) is 12.6 Å². The Morgan fingerprint density at radius 2 is 2.58 bits per heavy atom. The van der Waals surface area contributed by atoms with Gasteiger partial charge in [-0.15, -0.1) is 5.92 Å². The van der Waals surface area contributed by atoms with E-state index in [1.54, 1.807) is 6.92 Å². The summed E-state index contributed by atoms with van der Waals surface area (Å²) < 4.78 is 0. The van der Waals surface area contributed by atoms with Crippen LogP contribution in [-0.4, -0.2) is 25.0 Å². The quantitative estimate of drug-likeness (QED) is 0.561. The van der Waals surface area contributed by atoms with Crippen LogP contribution in [0.4, 0.5) is 0 Å². The number of carbonyl (C=O) groups is 1. The van der Waals surface area contributed by atoms with Crippen molar-refractivity contribution >= 4 is 5.91 Å². The SMILES string of the molecule is CC#CCNC(=O)C1CCCN1. The fourth-order valence-corrected chi connectivity index (χ4v) is 1.25. The van der Waals surface area contributed by atoms with Crippen molar-refractivity contribution in [2.45, 2.75) is 25.8 Å². The number of rotatable bonds is 2. The number of hydrogen-bond acceptors (Lipinski definition) is 2.